The first-order chi connectivity index (χ1) is 10.8. The zero-order chi connectivity index (χ0) is 17.4. The minimum atomic E-state index is -0.644. The van der Waals surface area contributed by atoms with Gasteiger partial charge < -0.3 is 15.2 Å². The van der Waals surface area contributed by atoms with Crippen molar-refractivity contribution in [2.75, 3.05) is 31.6 Å². The van der Waals surface area contributed by atoms with Crippen molar-refractivity contribution in [2.24, 2.45) is 0 Å². The number of nitrogens with one attached hydrogen (secondary N) is 1. The van der Waals surface area contributed by atoms with Crippen LogP contribution in [-0.2, 0) is 9.53 Å². The number of anilines is 1. The molecule has 0 aliphatic rings. The van der Waals surface area contributed by atoms with E-state index in [1.165, 1.54) is 0 Å². The van der Waals surface area contributed by atoms with Crippen molar-refractivity contribution in [1.29, 1.82) is 0 Å². The molecule has 1 aromatic carbocycles. The molecular weight excluding hydrogens is 339 g/mol. The van der Waals surface area contributed by atoms with Gasteiger partial charge in [-0.05, 0) is 32.5 Å². The van der Waals surface area contributed by atoms with Gasteiger partial charge in [0.1, 0.15) is 0 Å². The van der Waals surface area contributed by atoms with Gasteiger partial charge in [-0.1, -0.05) is 36.2 Å². The van der Waals surface area contributed by atoms with Gasteiger partial charge in [0.05, 0.1) is 41.1 Å². The fourth-order valence-corrected chi connectivity index (χ4v) is 2.45. The van der Waals surface area contributed by atoms with Crippen LogP contribution in [0.2, 0.25) is 10.0 Å². The summed E-state index contributed by atoms with van der Waals surface area (Å²) in [6, 6.07) is 5.03. The smallest absolute Gasteiger partial charge is 0.238 e. The molecule has 5 nitrogen and oxygen atoms in total. The molecule has 7 heteroatoms. The topological polar surface area (TPSA) is 61.8 Å². The quantitative estimate of drug-likeness (QED) is 0.708. The van der Waals surface area contributed by atoms with Crippen LogP contribution in [0.25, 0.3) is 0 Å². The van der Waals surface area contributed by atoms with Gasteiger partial charge in [-0.15, -0.1) is 0 Å². The van der Waals surface area contributed by atoms with Crippen molar-refractivity contribution in [1.82, 2.24) is 4.90 Å². The molecule has 0 heterocycles. The van der Waals surface area contributed by atoms with Crippen LogP contribution in [0.3, 0.4) is 0 Å². The number of rotatable bonds is 9. The normalized spacial score (nSPS) is 12.7. The molecule has 0 bridgehead atoms. The van der Waals surface area contributed by atoms with Crippen molar-refractivity contribution in [3.8, 4) is 0 Å². The lowest BCUT2D eigenvalue weighted by Gasteiger charge is -2.23. The predicted molar refractivity (Wildman–Crippen MR) is 94.3 cm³/mol. The monoisotopic (exact) mass is 362 g/mol. The lowest BCUT2D eigenvalue weighted by Crippen LogP contribution is -2.40. The van der Waals surface area contributed by atoms with Crippen molar-refractivity contribution in [3.63, 3.8) is 0 Å². The second-order valence-corrected chi connectivity index (χ2v) is 6.32. The second kappa shape index (κ2) is 10.1. The Labute approximate surface area is 147 Å². The lowest BCUT2D eigenvalue weighted by atomic mass is 10.3. The Balaban J connectivity index is 2.53. The number of halogens is 2. The molecule has 1 unspecified atom stereocenters. The fourth-order valence-electron chi connectivity index (χ4n) is 1.96. The molecule has 0 radical (unpaired) electrons. The maximum atomic E-state index is 12.2. The molecule has 0 saturated heterocycles. The van der Waals surface area contributed by atoms with Crippen LogP contribution >= 0.6 is 23.2 Å². The molecule has 23 heavy (non-hydrogen) atoms. The summed E-state index contributed by atoms with van der Waals surface area (Å²) in [5, 5.41) is 13.4. The van der Waals surface area contributed by atoms with Crippen LogP contribution in [-0.4, -0.2) is 54.4 Å². The minimum Gasteiger partial charge on any atom is -0.389 e. The number of likely N-dealkylation sites (N-methyl/N-ethyl adjacent to an activating group) is 1. The van der Waals surface area contributed by atoms with Crippen molar-refractivity contribution >= 4 is 34.8 Å². The first-order valence-corrected chi connectivity index (χ1v) is 8.35. The Hall–Kier alpha value is -0.850. The summed E-state index contributed by atoms with van der Waals surface area (Å²) >= 11 is 12.1. The molecule has 1 amide bonds. The molecule has 1 atom stereocenters. The number of ether oxygens (including phenoxy) is 1. The summed E-state index contributed by atoms with van der Waals surface area (Å²) in [6.45, 7) is 7.10. The van der Waals surface area contributed by atoms with Crippen LogP contribution in [0.1, 0.15) is 20.8 Å². The number of hydrogen-bond acceptors (Lipinski definition) is 4. The number of carbonyl (C=O) groups excluding carboxylic acids is 1. The fraction of sp³-hybridized carbons (Fsp3) is 0.562. The number of benzene rings is 1. The summed E-state index contributed by atoms with van der Waals surface area (Å²) in [6.07, 6.45) is -0.584. The summed E-state index contributed by atoms with van der Waals surface area (Å²) in [5.74, 6) is -0.237. The molecule has 2 N–H and O–H groups in total. The molecular formula is C16H24Cl2N2O3. The van der Waals surface area contributed by atoms with E-state index < -0.39 is 6.10 Å². The highest BCUT2D eigenvalue weighted by molar-refractivity contribution is 6.39. The van der Waals surface area contributed by atoms with Gasteiger partial charge in [0, 0.05) is 6.54 Å². The molecule has 0 aromatic heterocycles. The van der Waals surface area contributed by atoms with E-state index in [1.807, 2.05) is 25.7 Å². The summed E-state index contributed by atoms with van der Waals surface area (Å²) in [7, 11) is 0. The van der Waals surface area contributed by atoms with E-state index in [4.69, 9.17) is 27.9 Å². The maximum absolute atomic E-state index is 12.2. The largest absolute Gasteiger partial charge is 0.389 e. The number of nitrogens with zero attached hydrogens (tertiary/aromatic N) is 1. The highest BCUT2D eigenvalue weighted by atomic mass is 35.5. The van der Waals surface area contributed by atoms with Gasteiger partial charge in [0.2, 0.25) is 5.91 Å². The number of amides is 1. The third-order valence-electron chi connectivity index (χ3n) is 3.13. The van der Waals surface area contributed by atoms with Crippen molar-refractivity contribution in [2.45, 2.75) is 33.0 Å². The first kappa shape index (κ1) is 20.2. The maximum Gasteiger partial charge on any atom is 0.238 e. The van der Waals surface area contributed by atoms with Gasteiger partial charge in [0.15, 0.2) is 0 Å². The summed E-state index contributed by atoms with van der Waals surface area (Å²) < 4.78 is 5.37. The average molecular weight is 363 g/mol. The van der Waals surface area contributed by atoms with Crippen LogP contribution in [0.4, 0.5) is 5.69 Å². The molecule has 0 saturated carbocycles. The Bertz CT molecular complexity index is 492. The van der Waals surface area contributed by atoms with E-state index in [-0.39, 0.29) is 25.2 Å². The Morgan fingerprint density at radius 3 is 2.48 bits per heavy atom. The van der Waals surface area contributed by atoms with Crippen molar-refractivity contribution in [3.05, 3.63) is 28.2 Å². The van der Waals surface area contributed by atoms with Gasteiger partial charge in [-0.3, -0.25) is 9.69 Å². The van der Waals surface area contributed by atoms with Crippen LogP contribution in [0, 0.1) is 0 Å². The highest BCUT2D eigenvalue weighted by Gasteiger charge is 2.16. The third kappa shape index (κ3) is 7.50. The van der Waals surface area contributed by atoms with Crippen molar-refractivity contribution < 1.29 is 14.6 Å². The van der Waals surface area contributed by atoms with Crippen LogP contribution in [0.5, 0.6) is 0 Å². The van der Waals surface area contributed by atoms with E-state index >= 15 is 0 Å². The van der Waals surface area contributed by atoms with Gasteiger partial charge in [-0.2, -0.15) is 0 Å². The first-order valence-electron chi connectivity index (χ1n) is 7.59. The molecule has 1 aromatic rings. The third-order valence-corrected chi connectivity index (χ3v) is 3.76. The standard InChI is InChI=1S/C16H24Cl2N2O3/c1-4-20(8-12(21)10-23-11(2)3)9-15(22)19-16-13(17)6-5-7-14(16)18/h5-7,11-12,21H,4,8-10H2,1-3H3,(H,19,22). The second-order valence-electron chi connectivity index (χ2n) is 5.51. The van der Waals surface area contributed by atoms with E-state index in [2.05, 4.69) is 5.32 Å². The Morgan fingerprint density at radius 2 is 1.96 bits per heavy atom. The number of hydrogen-bond donors (Lipinski definition) is 2. The average Bonchev–Trinajstić information content (AvgIpc) is 2.48. The zero-order valence-electron chi connectivity index (χ0n) is 13.7. The van der Waals surface area contributed by atoms with Gasteiger partial charge in [0.25, 0.3) is 0 Å². The zero-order valence-corrected chi connectivity index (χ0v) is 15.2. The van der Waals surface area contributed by atoms with E-state index in [0.717, 1.165) is 0 Å². The predicted octanol–water partition coefficient (Wildman–Crippen LogP) is 3.04. The highest BCUT2D eigenvalue weighted by Crippen LogP contribution is 2.29. The van der Waals surface area contributed by atoms with E-state index in [1.54, 1.807) is 18.2 Å². The number of para-hydroxylation sites is 1. The van der Waals surface area contributed by atoms with Gasteiger partial charge >= 0.3 is 0 Å². The summed E-state index contributed by atoms with van der Waals surface area (Å²) in [4.78, 5) is 14.0. The molecule has 0 spiro atoms. The Kier molecular flexibility index (Phi) is 8.87. The van der Waals surface area contributed by atoms with Crippen LogP contribution < -0.4 is 5.32 Å². The molecule has 0 aliphatic heterocycles. The van der Waals surface area contributed by atoms with E-state index in [0.29, 0.717) is 28.8 Å². The molecule has 130 valence electrons. The summed E-state index contributed by atoms with van der Waals surface area (Å²) in [5.41, 5.74) is 0.403. The number of aliphatic hydroxyl groups is 1. The van der Waals surface area contributed by atoms with E-state index in [9.17, 15) is 9.90 Å². The van der Waals surface area contributed by atoms with Gasteiger partial charge in [-0.25, -0.2) is 0 Å². The van der Waals surface area contributed by atoms with Crippen LogP contribution in [0.15, 0.2) is 18.2 Å². The molecule has 0 aliphatic carbocycles. The minimum absolute atomic E-state index is 0.0605. The lowest BCUT2D eigenvalue weighted by molar-refractivity contribution is -0.117. The number of aliphatic hydroxyl groups excluding tert-OH is 1. The number of carbonyl (C=O) groups is 1. The molecule has 1 rings (SSSR count). The molecule has 0 fully saturated rings. The SMILES string of the molecule is CCN(CC(=O)Nc1c(Cl)cccc1Cl)CC(O)COC(C)C. The Morgan fingerprint density at radius 1 is 1.35 bits per heavy atom.